The number of rotatable bonds is 8. The highest BCUT2D eigenvalue weighted by molar-refractivity contribution is 5.76. The molecule has 0 aromatic heterocycles. The van der Waals surface area contributed by atoms with Gasteiger partial charge >= 0.3 is 0 Å². The summed E-state index contributed by atoms with van der Waals surface area (Å²) in [6.45, 7) is 0. The highest BCUT2D eigenvalue weighted by Gasteiger charge is 2.46. The van der Waals surface area contributed by atoms with Gasteiger partial charge < -0.3 is 60.2 Å². The largest absolute Gasteiger partial charge is 0.508 e. The summed E-state index contributed by atoms with van der Waals surface area (Å²) < 4.78 is 20.0. The Morgan fingerprint density at radius 2 is 0.882 bits per heavy atom. The van der Waals surface area contributed by atoms with Gasteiger partial charge in [0.1, 0.15) is 75.8 Å². The van der Waals surface area contributed by atoms with E-state index in [9.17, 15) is 46.0 Å². The van der Waals surface area contributed by atoms with E-state index >= 15 is 0 Å². The molecule has 8 aromatic carbocycles. The van der Waals surface area contributed by atoms with E-state index in [0.29, 0.717) is 56.2 Å². The molecule has 12 heteroatoms. The van der Waals surface area contributed by atoms with Crippen LogP contribution in [0.25, 0.3) is 12.2 Å². The van der Waals surface area contributed by atoms with Crippen LogP contribution in [0.2, 0.25) is 0 Å². The van der Waals surface area contributed by atoms with Crippen molar-refractivity contribution in [2.75, 3.05) is 0 Å². The SMILES string of the molecule is Oc1ccc(C2Oc3cc(O)cc(/C=C\c4ccc5c(c4)C(c4cc(O)cc6c4C(c4cc(O)cc(O)c4)C(c4ccc(O)cc4)O6)C(c4ccc(O)c(O)c4)O5)c3C2c2cccc(O)c2)cc1. The number of hydrogen-bond acceptors (Lipinski definition) is 12. The molecule has 0 saturated carbocycles. The molecule has 3 heterocycles. The van der Waals surface area contributed by atoms with Gasteiger partial charge in [-0.05, 0) is 129 Å². The van der Waals surface area contributed by atoms with Crippen LogP contribution in [0.15, 0.2) is 152 Å². The summed E-state index contributed by atoms with van der Waals surface area (Å²) >= 11 is 0. The standard InChI is InChI=1S/C56H42O12/c57-35-12-7-29(8-13-35)54-50(31-2-1-3-37(59)19-31)49-32(20-40(62)26-47(49)67-54)6-4-28-5-17-46-42(18-28)52(56(66-46)33-11-16-44(64)45(65)23-33)43-25-41(63)27-48-53(43)51(34-21-38(60)24-39(61)22-34)55(68-48)30-9-14-36(58)15-10-30/h1-27,50-52,54-65H/b6-4-. The average molecular weight is 907 g/mol. The van der Waals surface area contributed by atoms with Crippen LogP contribution in [0.5, 0.6) is 69.0 Å². The Labute approximate surface area is 389 Å². The van der Waals surface area contributed by atoms with Crippen molar-refractivity contribution in [2.45, 2.75) is 36.1 Å². The van der Waals surface area contributed by atoms with Crippen molar-refractivity contribution in [3.63, 3.8) is 0 Å². The Kier molecular flexibility index (Phi) is 9.96. The van der Waals surface area contributed by atoms with Gasteiger partial charge in [-0.25, -0.2) is 0 Å². The summed E-state index contributed by atoms with van der Waals surface area (Å²) in [5.74, 6) is -1.39. The molecule has 6 unspecified atom stereocenters. The Hall–Kier alpha value is -8.90. The quantitative estimate of drug-likeness (QED) is 0.0515. The van der Waals surface area contributed by atoms with E-state index < -0.39 is 36.1 Å². The molecule has 0 aliphatic carbocycles. The average Bonchev–Trinajstić information content (AvgIpc) is 4.01. The van der Waals surface area contributed by atoms with Gasteiger partial charge in [-0.15, -0.1) is 0 Å². The molecule has 0 spiro atoms. The van der Waals surface area contributed by atoms with Gasteiger partial charge in [0.2, 0.25) is 0 Å². The first kappa shape index (κ1) is 41.8. The molecule has 12 nitrogen and oxygen atoms in total. The van der Waals surface area contributed by atoms with Gasteiger partial charge in [-0.1, -0.05) is 60.7 Å². The van der Waals surface area contributed by atoms with Gasteiger partial charge in [-0.3, -0.25) is 0 Å². The molecule has 9 N–H and O–H groups in total. The van der Waals surface area contributed by atoms with E-state index in [1.807, 2.05) is 36.4 Å². The van der Waals surface area contributed by atoms with Crippen molar-refractivity contribution in [1.29, 1.82) is 0 Å². The van der Waals surface area contributed by atoms with Crippen LogP contribution < -0.4 is 14.2 Å². The Morgan fingerprint density at radius 1 is 0.324 bits per heavy atom. The van der Waals surface area contributed by atoms with Crippen LogP contribution in [0.3, 0.4) is 0 Å². The number of hydrogen-bond donors (Lipinski definition) is 9. The summed E-state index contributed by atoms with van der Waals surface area (Å²) in [6.07, 6.45) is 1.65. The number of phenolic OH excluding ortho intramolecular Hbond substituents is 9. The van der Waals surface area contributed by atoms with E-state index in [2.05, 4.69) is 0 Å². The molecule has 8 aromatic rings. The topological polar surface area (TPSA) is 210 Å². The zero-order valence-electron chi connectivity index (χ0n) is 35.8. The monoisotopic (exact) mass is 906 g/mol. The summed E-state index contributed by atoms with van der Waals surface area (Å²) in [5, 5.41) is 96.2. The maximum absolute atomic E-state index is 11.5. The van der Waals surface area contributed by atoms with Crippen LogP contribution in [0.4, 0.5) is 0 Å². The van der Waals surface area contributed by atoms with Crippen molar-refractivity contribution in [3.05, 3.63) is 213 Å². The molecule has 0 saturated heterocycles. The second-order valence-corrected chi connectivity index (χ2v) is 17.4. The number of benzene rings is 8. The number of fused-ring (bicyclic) bond motifs is 3. The lowest BCUT2D eigenvalue weighted by atomic mass is 9.76. The predicted molar refractivity (Wildman–Crippen MR) is 251 cm³/mol. The van der Waals surface area contributed by atoms with Crippen LogP contribution >= 0.6 is 0 Å². The maximum Gasteiger partial charge on any atom is 0.157 e. The molecule has 338 valence electrons. The lowest BCUT2D eigenvalue weighted by Crippen LogP contribution is -2.16. The van der Waals surface area contributed by atoms with Crippen LogP contribution in [-0.2, 0) is 0 Å². The summed E-state index contributed by atoms with van der Waals surface area (Å²) in [4.78, 5) is 0. The van der Waals surface area contributed by atoms with E-state index in [1.54, 1.807) is 103 Å². The van der Waals surface area contributed by atoms with Crippen molar-refractivity contribution in [1.82, 2.24) is 0 Å². The van der Waals surface area contributed by atoms with Gasteiger partial charge in [0.15, 0.2) is 11.5 Å². The molecule has 0 amide bonds. The van der Waals surface area contributed by atoms with E-state index in [0.717, 1.165) is 22.3 Å². The molecular weight excluding hydrogens is 865 g/mol. The molecule has 0 radical (unpaired) electrons. The van der Waals surface area contributed by atoms with Gasteiger partial charge in [0, 0.05) is 34.9 Å². The first-order valence-corrected chi connectivity index (χ1v) is 21.8. The van der Waals surface area contributed by atoms with E-state index in [-0.39, 0.29) is 51.7 Å². The van der Waals surface area contributed by atoms with Crippen molar-refractivity contribution >= 4 is 12.2 Å². The third-order valence-electron chi connectivity index (χ3n) is 13.1. The Bertz CT molecular complexity index is 3290. The van der Waals surface area contributed by atoms with Crippen LogP contribution in [0.1, 0.15) is 97.3 Å². The smallest absolute Gasteiger partial charge is 0.157 e. The zero-order valence-corrected chi connectivity index (χ0v) is 35.8. The fourth-order valence-electron chi connectivity index (χ4n) is 10.2. The van der Waals surface area contributed by atoms with Crippen LogP contribution in [0, 0.1) is 0 Å². The van der Waals surface area contributed by atoms with Gasteiger partial charge in [0.25, 0.3) is 0 Å². The normalized spacial score (nSPS) is 20.0. The first-order valence-electron chi connectivity index (χ1n) is 21.8. The van der Waals surface area contributed by atoms with Crippen molar-refractivity contribution < 1.29 is 60.2 Å². The second kappa shape index (κ2) is 16.2. The van der Waals surface area contributed by atoms with Crippen LogP contribution in [-0.4, -0.2) is 46.0 Å². The maximum atomic E-state index is 11.5. The zero-order chi connectivity index (χ0) is 47.0. The molecule has 3 aliphatic rings. The lowest BCUT2D eigenvalue weighted by molar-refractivity contribution is 0.219. The molecule has 0 fully saturated rings. The summed E-state index contributed by atoms with van der Waals surface area (Å²) in [5.41, 5.74) is 7.37. The minimum Gasteiger partial charge on any atom is -0.508 e. The van der Waals surface area contributed by atoms with Gasteiger partial charge in [0.05, 0.1) is 17.8 Å². The molecule has 68 heavy (non-hydrogen) atoms. The minimum absolute atomic E-state index is 0.0213. The minimum atomic E-state index is -0.820. The van der Waals surface area contributed by atoms with E-state index in [1.165, 1.54) is 24.3 Å². The summed E-state index contributed by atoms with van der Waals surface area (Å²) in [7, 11) is 0. The number of ether oxygens (including phenoxy) is 3. The van der Waals surface area contributed by atoms with Crippen molar-refractivity contribution in [3.8, 4) is 69.0 Å². The first-order chi connectivity index (χ1) is 32.8. The Morgan fingerprint density at radius 3 is 1.53 bits per heavy atom. The highest BCUT2D eigenvalue weighted by Crippen LogP contribution is 2.59. The lowest BCUT2D eigenvalue weighted by Gasteiger charge is -2.26. The molecular formula is C56H42O12. The van der Waals surface area contributed by atoms with Gasteiger partial charge in [-0.2, -0.15) is 0 Å². The Balaban J connectivity index is 1.05. The number of aromatic hydroxyl groups is 9. The third-order valence-corrected chi connectivity index (χ3v) is 13.1. The fourth-order valence-corrected chi connectivity index (χ4v) is 10.2. The third kappa shape index (κ3) is 7.37. The number of phenols is 9. The predicted octanol–water partition coefficient (Wildman–Crippen LogP) is 11.0. The molecule has 0 bridgehead atoms. The van der Waals surface area contributed by atoms with E-state index in [4.69, 9.17) is 14.2 Å². The molecule has 3 aliphatic heterocycles. The fraction of sp³-hybridized carbons (Fsp3) is 0.107. The highest BCUT2D eigenvalue weighted by atomic mass is 16.5. The molecule has 11 rings (SSSR count). The molecule has 6 atom stereocenters. The summed E-state index contributed by atoms with van der Waals surface area (Å²) in [6, 6.07) is 41.1. The van der Waals surface area contributed by atoms with Crippen molar-refractivity contribution in [2.24, 2.45) is 0 Å². The second-order valence-electron chi connectivity index (χ2n) is 17.4.